The molecule has 0 N–H and O–H groups in total. The zero-order valence-electron chi connectivity index (χ0n) is 11.5. The Balaban J connectivity index is 2.66. The maximum Gasteiger partial charge on any atom is 0.416 e. The largest absolute Gasteiger partial charge is 0.416 e. The van der Waals surface area contributed by atoms with Crippen LogP contribution in [0.5, 0.6) is 0 Å². The first-order valence-electron chi connectivity index (χ1n) is 6.10. The average Bonchev–Trinajstić information content (AvgIpc) is 2.45. The highest BCUT2D eigenvalue weighted by atomic mass is 32.2. The van der Waals surface area contributed by atoms with Gasteiger partial charge in [0, 0.05) is 11.8 Å². The van der Waals surface area contributed by atoms with Crippen LogP contribution in [0.3, 0.4) is 0 Å². The zero-order chi connectivity index (χ0) is 16.5. The van der Waals surface area contributed by atoms with Crippen LogP contribution >= 0.6 is 0 Å². The lowest BCUT2D eigenvalue weighted by molar-refractivity contribution is -0.137. The Morgan fingerprint density at radius 2 is 1.73 bits per heavy atom. The summed E-state index contributed by atoms with van der Waals surface area (Å²) in [6, 6.07) is 8.95. The fourth-order valence-electron chi connectivity index (χ4n) is 1.95. The molecule has 0 aliphatic rings. The molecule has 0 aliphatic carbocycles. The van der Waals surface area contributed by atoms with Crippen LogP contribution in [0.1, 0.15) is 11.1 Å². The second-order valence-electron chi connectivity index (χ2n) is 4.74. The number of sulfone groups is 1. The summed E-state index contributed by atoms with van der Waals surface area (Å²) >= 11 is 0. The predicted molar refractivity (Wildman–Crippen MR) is 77.9 cm³/mol. The van der Waals surface area contributed by atoms with Gasteiger partial charge in [-0.1, -0.05) is 18.1 Å². The standard InChI is InChI=1S/C16H11F3O2S/c1-3-11-7-13(9-14(8-11)16(17,18)19)12-5-4-6-15(10-12)22(2,20)21/h1,4-10H,2H3. The lowest BCUT2D eigenvalue weighted by Gasteiger charge is -2.11. The minimum absolute atomic E-state index is 0.0321. The van der Waals surface area contributed by atoms with Crippen LogP contribution < -0.4 is 0 Å². The van der Waals surface area contributed by atoms with Crippen molar-refractivity contribution >= 4 is 9.84 Å². The summed E-state index contributed by atoms with van der Waals surface area (Å²) in [5, 5.41) is 0. The molecule has 0 fully saturated rings. The van der Waals surface area contributed by atoms with E-state index in [1.807, 2.05) is 0 Å². The fourth-order valence-corrected chi connectivity index (χ4v) is 2.61. The molecule has 114 valence electrons. The third-order valence-electron chi connectivity index (χ3n) is 3.02. The van der Waals surface area contributed by atoms with E-state index < -0.39 is 21.6 Å². The Hall–Kier alpha value is -2.26. The molecule has 0 atom stereocenters. The lowest BCUT2D eigenvalue weighted by Crippen LogP contribution is -2.05. The molecule has 0 saturated heterocycles. The van der Waals surface area contributed by atoms with Crippen LogP contribution in [0, 0.1) is 12.3 Å². The van der Waals surface area contributed by atoms with E-state index in [2.05, 4.69) is 5.92 Å². The molecule has 0 bridgehead atoms. The van der Waals surface area contributed by atoms with Gasteiger partial charge in [0.05, 0.1) is 10.5 Å². The number of alkyl halides is 3. The minimum atomic E-state index is -4.53. The third kappa shape index (κ3) is 3.49. The Bertz CT molecular complexity index is 860. The van der Waals surface area contributed by atoms with Gasteiger partial charge >= 0.3 is 6.18 Å². The number of rotatable bonds is 2. The van der Waals surface area contributed by atoms with Crippen molar-refractivity contribution in [1.82, 2.24) is 0 Å². The Labute approximate surface area is 126 Å². The first-order chi connectivity index (χ1) is 10.1. The van der Waals surface area contributed by atoms with Gasteiger partial charge in [-0.3, -0.25) is 0 Å². The minimum Gasteiger partial charge on any atom is -0.224 e. The van der Waals surface area contributed by atoms with Crippen LogP contribution in [0.15, 0.2) is 47.4 Å². The highest BCUT2D eigenvalue weighted by Gasteiger charge is 2.31. The quantitative estimate of drug-likeness (QED) is 0.788. The van der Waals surface area contributed by atoms with E-state index in [-0.39, 0.29) is 16.0 Å². The monoisotopic (exact) mass is 324 g/mol. The number of halogens is 3. The SMILES string of the molecule is C#Cc1cc(-c2cccc(S(C)(=O)=O)c2)cc(C(F)(F)F)c1. The van der Waals surface area contributed by atoms with Crippen LogP contribution in [-0.4, -0.2) is 14.7 Å². The smallest absolute Gasteiger partial charge is 0.224 e. The van der Waals surface area contributed by atoms with E-state index in [4.69, 9.17) is 6.42 Å². The van der Waals surface area contributed by atoms with Gasteiger partial charge in [-0.25, -0.2) is 8.42 Å². The van der Waals surface area contributed by atoms with Crippen molar-refractivity contribution in [2.24, 2.45) is 0 Å². The molecule has 0 aromatic heterocycles. The van der Waals surface area contributed by atoms with Crippen LogP contribution in [0.2, 0.25) is 0 Å². The van der Waals surface area contributed by atoms with Gasteiger partial charge in [-0.05, 0) is 41.5 Å². The number of hydrogen-bond donors (Lipinski definition) is 0. The molecule has 0 spiro atoms. The summed E-state index contributed by atoms with van der Waals surface area (Å²) in [4.78, 5) is 0.0321. The Morgan fingerprint density at radius 3 is 2.27 bits per heavy atom. The summed E-state index contributed by atoms with van der Waals surface area (Å²) in [5.41, 5.74) is -0.226. The normalized spacial score (nSPS) is 12.0. The molecule has 6 heteroatoms. The van der Waals surface area contributed by atoms with Crippen molar-refractivity contribution < 1.29 is 21.6 Å². The molecular formula is C16H11F3O2S. The lowest BCUT2D eigenvalue weighted by atomic mass is 10.00. The summed E-state index contributed by atoms with van der Waals surface area (Å²) < 4.78 is 61.8. The van der Waals surface area contributed by atoms with Crippen LogP contribution in [0.25, 0.3) is 11.1 Å². The third-order valence-corrected chi connectivity index (χ3v) is 4.13. The van der Waals surface area contributed by atoms with Gasteiger partial charge in [-0.2, -0.15) is 13.2 Å². The molecular weight excluding hydrogens is 313 g/mol. The summed E-state index contributed by atoms with van der Waals surface area (Å²) in [7, 11) is -3.45. The second kappa shape index (κ2) is 5.50. The van der Waals surface area contributed by atoms with E-state index in [1.165, 1.54) is 30.3 Å². The topological polar surface area (TPSA) is 34.1 Å². The van der Waals surface area contributed by atoms with Gasteiger partial charge in [0.2, 0.25) is 0 Å². The maximum atomic E-state index is 12.9. The van der Waals surface area contributed by atoms with E-state index in [0.717, 1.165) is 18.4 Å². The van der Waals surface area contributed by atoms with Crippen LogP contribution in [-0.2, 0) is 16.0 Å². The molecule has 0 radical (unpaired) electrons. The predicted octanol–water partition coefficient (Wildman–Crippen LogP) is 3.76. The molecule has 2 aromatic rings. The van der Waals surface area contributed by atoms with Crippen molar-refractivity contribution in [2.75, 3.05) is 6.26 Å². The van der Waals surface area contributed by atoms with Crippen molar-refractivity contribution in [1.29, 1.82) is 0 Å². The average molecular weight is 324 g/mol. The maximum absolute atomic E-state index is 12.9. The molecule has 2 aromatic carbocycles. The van der Waals surface area contributed by atoms with Gasteiger partial charge in [-0.15, -0.1) is 6.42 Å². The number of terminal acetylenes is 1. The second-order valence-corrected chi connectivity index (χ2v) is 6.76. The number of hydrogen-bond acceptors (Lipinski definition) is 2. The van der Waals surface area contributed by atoms with Crippen molar-refractivity contribution in [3.05, 3.63) is 53.6 Å². The van der Waals surface area contributed by atoms with Gasteiger partial charge in [0.25, 0.3) is 0 Å². The summed E-state index contributed by atoms with van der Waals surface area (Å²) in [5.74, 6) is 2.18. The molecule has 2 rings (SSSR count). The molecule has 0 heterocycles. The van der Waals surface area contributed by atoms with Gasteiger partial charge in [0.15, 0.2) is 9.84 Å². The summed E-state index contributed by atoms with van der Waals surface area (Å²) in [6.45, 7) is 0. The Kier molecular flexibility index (Phi) is 4.03. The first-order valence-corrected chi connectivity index (χ1v) is 8.00. The van der Waals surface area contributed by atoms with E-state index >= 15 is 0 Å². The van der Waals surface area contributed by atoms with E-state index in [0.29, 0.717) is 5.56 Å². The van der Waals surface area contributed by atoms with E-state index in [9.17, 15) is 21.6 Å². The van der Waals surface area contributed by atoms with Gasteiger partial charge < -0.3 is 0 Å². The van der Waals surface area contributed by atoms with Gasteiger partial charge in [0.1, 0.15) is 0 Å². The zero-order valence-corrected chi connectivity index (χ0v) is 12.3. The Morgan fingerprint density at radius 1 is 1.05 bits per heavy atom. The van der Waals surface area contributed by atoms with Crippen molar-refractivity contribution in [2.45, 2.75) is 11.1 Å². The van der Waals surface area contributed by atoms with Crippen molar-refractivity contribution in [3.8, 4) is 23.5 Å². The molecule has 0 amide bonds. The number of benzene rings is 2. The first kappa shape index (κ1) is 16.1. The summed E-state index contributed by atoms with van der Waals surface area (Å²) in [6.07, 6.45) is 1.70. The van der Waals surface area contributed by atoms with Crippen LogP contribution in [0.4, 0.5) is 13.2 Å². The highest BCUT2D eigenvalue weighted by molar-refractivity contribution is 7.90. The fraction of sp³-hybridized carbons (Fsp3) is 0.125. The molecule has 0 unspecified atom stereocenters. The van der Waals surface area contributed by atoms with E-state index in [1.54, 1.807) is 0 Å². The molecule has 2 nitrogen and oxygen atoms in total. The highest BCUT2D eigenvalue weighted by Crippen LogP contribution is 2.33. The van der Waals surface area contributed by atoms with Crippen molar-refractivity contribution in [3.63, 3.8) is 0 Å². The molecule has 22 heavy (non-hydrogen) atoms. The molecule has 0 aliphatic heterocycles. The molecule has 0 saturated carbocycles.